The molecule has 2 aliphatic rings. The number of hydrogen-bond donors (Lipinski definition) is 1. The van der Waals surface area contributed by atoms with Crippen molar-refractivity contribution >= 4 is 23.3 Å². The molecule has 0 aliphatic carbocycles. The van der Waals surface area contributed by atoms with Crippen LogP contribution < -0.4 is 19.7 Å². The maximum absolute atomic E-state index is 12.8. The Balaban J connectivity index is 1.38. The molecule has 1 N–H and O–H groups in total. The fourth-order valence-corrected chi connectivity index (χ4v) is 4.18. The van der Waals surface area contributed by atoms with Gasteiger partial charge >= 0.3 is 0 Å². The van der Waals surface area contributed by atoms with Gasteiger partial charge in [-0.15, -0.1) is 0 Å². The van der Waals surface area contributed by atoms with Crippen LogP contribution in [0.3, 0.4) is 0 Å². The molecule has 0 radical (unpaired) electrons. The van der Waals surface area contributed by atoms with Crippen LogP contribution >= 0.6 is 0 Å². The van der Waals surface area contributed by atoms with Crippen LogP contribution in [0.15, 0.2) is 36.4 Å². The van der Waals surface area contributed by atoms with Gasteiger partial charge in [-0.2, -0.15) is 0 Å². The van der Waals surface area contributed by atoms with Gasteiger partial charge in [-0.25, -0.2) is 0 Å². The van der Waals surface area contributed by atoms with Crippen LogP contribution in [0.5, 0.6) is 11.5 Å². The van der Waals surface area contributed by atoms with E-state index >= 15 is 0 Å². The summed E-state index contributed by atoms with van der Waals surface area (Å²) in [5.41, 5.74) is 2.89. The summed E-state index contributed by atoms with van der Waals surface area (Å²) in [6.45, 7) is 7.79. The Labute approximate surface area is 204 Å². The molecular formula is C26H31N3O6. The van der Waals surface area contributed by atoms with E-state index in [2.05, 4.69) is 10.2 Å². The minimum atomic E-state index is -0.336. The number of ketones is 1. The van der Waals surface area contributed by atoms with E-state index in [9.17, 15) is 14.4 Å². The maximum atomic E-state index is 12.8. The molecule has 0 bridgehead atoms. The highest BCUT2D eigenvalue weighted by atomic mass is 16.5. The minimum Gasteiger partial charge on any atom is -0.485 e. The number of carbonyl (C=O) groups excluding carboxylic acids is 3. The second-order valence-electron chi connectivity index (χ2n) is 8.79. The highest BCUT2D eigenvalue weighted by Crippen LogP contribution is 2.33. The van der Waals surface area contributed by atoms with E-state index in [1.807, 2.05) is 32.0 Å². The number of ether oxygens (including phenoxy) is 3. The first-order valence-electron chi connectivity index (χ1n) is 11.8. The first kappa shape index (κ1) is 24.7. The number of rotatable bonds is 9. The van der Waals surface area contributed by atoms with Crippen LogP contribution in [-0.4, -0.2) is 81.6 Å². The first-order chi connectivity index (χ1) is 16.9. The van der Waals surface area contributed by atoms with Gasteiger partial charge in [0.2, 0.25) is 5.91 Å². The van der Waals surface area contributed by atoms with Gasteiger partial charge in [0.1, 0.15) is 18.0 Å². The van der Waals surface area contributed by atoms with Crippen molar-refractivity contribution in [3.05, 3.63) is 53.1 Å². The lowest BCUT2D eigenvalue weighted by atomic mass is 10.1. The maximum Gasteiger partial charge on any atom is 0.265 e. The standard InChI is InChI=1S/C26H31N3O6/c1-18-11-19(2)13-21(12-18)34-16-23(30)20-3-4-24-22(14-20)29(26(32)17-35-24)15-25(31)27-5-6-28-7-9-33-10-8-28/h3-4,11-14H,5-10,15-17H2,1-2H3,(H,27,31). The van der Waals surface area contributed by atoms with Gasteiger partial charge in [0.05, 0.1) is 18.9 Å². The average Bonchev–Trinajstić information content (AvgIpc) is 2.84. The van der Waals surface area contributed by atoms with Gasteiger partial charge in [-0.05, 0) is 55.3 Å². The van der Waals surface area contributed by atoms with Crippen LogP contribution in [0.2, 0.25) is 0 Å². The zero-order valence-corrected chi connectivity index (χ0v) is 20.2. The number of hydrogen-bond acceptors (Lipinski definition) is 7. The van der Waals surface area contributed by atoms with Gasteiger partial charge in [-0.1, -0.05) is 6.07 Å². The quantitative estimate of drug-likeness (QED) is 0.545. The summed E-state index contributed by atoms with van der Waals surface area (Å²) in [6.07, 6.45) is 0. The Bertz CT molecular complexity index is 1080. The van der Waals surface area contributed by atoms with Crippen molar-refractivity contribution in [1.29, 1.82) is 0 Å². The van der Waals surface area contributed by atoms with Gasteiger partial charge in [0.15, 0.2) is 19.0 Å². The summed E-state index contributed by atoms with van der Waals surface area (Å²) in [6, 6.07) is 10.7. The van der Waals surface area contributed by atoms with Crippen molar-refractivity contribution < 1.29 is 28.6 Å². The van der Waals surface area contributed by atoms with Crippen LogP contribution in [0.4, 0.5) is 5.69 Å². The van der Waals surface area contributed by atoms with E-state index in [0.29, 0.717) is 42.5 Å². The van der Waals surface area contributed by atoms with Crippen LogP contribution in [0.1, 0.15) is 21.5 Å². The number of benzene rings is 2. The third-order valence-electron chi connectivity index (χ3n) is 5.94. The summed E-state index contributed by atoms with van der Waals surface area (Å²) in [5.74, 6) is 0.242. The van der Waals surface area contributed by atoms with Crippen molar-refractivity contribution in [1.82, 2.24) is 10.2 Å². The molecule has 0 spiro atoms. The lowest BCUT2D eigenvalue weighted by molar-refractivity contribution is -0.125. The van der Waals surface area contributed by atoms with Crippen LogP contribution in [-0.2, 0) is 14.3 Å². The molecule has 2 aromatic rings. The van der Waals surface area contributed by atoms with Crippen molar-refractivity contribution in [2.75, 3.05) is 64.1 Å². The summed E-state index contributed by atoms with van der Waals surface area (Å²) in [7, 11) is 0. The molecule has 2 heterocycles. The van der Waals surface area contributed by atoms with Gasteiger partial charge in [0, 0.05) is 31.7 Å². The molecule has 9 heteroatoms. The summed E-state index contributed by atoms with van der Waals surface area (Å²) in [5, 5.41) is 2.87. The topological polar surface area (TPSA) is 97.4 Å². The first-order valence-corrected chi connectivity index (χ1v) is 11.8. The highest BCUT2D eigenvalue weighted by Gasteiger charge is 2.28. The Morgan fingerprint density at radius 3 is 2.54 bits per heavy atom. The number of fused-ring (bicyclic) bond motifs is 1. The molecule has 2 aromatic carbocycles. The normalized spacial score (nSPS) is 15.8. The number of amides is 2. The second kappa shape index (κ2) is 11.3. The van der Waals surface area contributed by atoms with Gasteiger partial charge in [-0.3, -0.25) is 24.2 Å². The van der Waals surface area contributed by atoms with Crippen LogP contribution in [0.25, 0.3) is 0 Å². The number of aryl methyl sites for hydroxylation is 2. The molecule has 186 valence electrons. The Kier molecular flexibility index (Phi) is 7.99. The van der Waals surface area contributed by atoms with Crippen molar-refractivity contribution in [2.45, 2.75) is 13.8 Å². The Hall–Kier alpha value is -3.43. The number of Topliss-reactive ketones (excluding diaryl/α,β-unsaturated/α-hetero) is 1. The van der Waals surface area contributed by atoms with Crippen molar-refractivity contribution in [2.24, 2.45) is 0 Å². The molecule has 4 rings (SSSR count). The molecule has 1 saturated heterocycles. The van der Waals surface area contributed by atoms with Crippen LogP contribution in [0, 0.1) is 13.8 Å². The number of nitrogens with zero attached hydrogens (tertiary/aromatic N) is 2. The molecule has 0 unspecified atom stereocenters. The van der Waals surface area contributed by atoms with E-state index in [0.717, 1.165) is 30.8 Å². The molecule has 0 saturated carbocycles. The molecule has 0 atom stereocenters. The van der Waals surface area contributed by atoms with E-state index in [1.54, 1.807) is 18.2 Å². The zero-order chi connectivity index (χ0) is 24.8. The molecular weight excluding hydrogens is 450 g/mol. The molecule has 35 heavy (non-hydrogen) atoms. The summed E-state index contributed by atoms with van der Waals surface area (Å²) >= 11 is 0. The molecule has 2 amide bonds. The van der Waals surface area contributed by atoms with Crippen molar-refractivity contribution in [3.63, 3.8) is 0 Å². The number of carbonyl (C=O) groups is 3. The lowest BCUT2D eigenvalue weighted by Gasteiger charge is -2.29. The fraction of sp³-hybridized carbons (Fsp3) is 0.423. The SMILES string of the molecule is Cc1cc(C)cc(OCC(=O)c2ccc3c(c2)N(CC(=O)NCCN2CCOCC2)C(=O)CO3)c1. The summed E-state index contributed by atoms with van der Waals surface area (Å²) in [4.78, 5) is 41.5. The average molecular weight is 482 g/mol. The second-order valence-corrected chi connectivity index (χ2v) is 8.79. The predicted molar refractivity (Wildman–Crippen MR) is 130 cm³/mol. The monoisotopic (exact) mass is 481 g/mol. The number of morpholine rings is 1. The predicted octanol–water partition coefficient (Wildman–Crippen LogP) is 1.74. The van der Waals surface area contributed by atoms with E-state index < -0.39 is 0 Å². The molecule has 9 nitrogen and oxygen atoms in total. The lowest BCUT2D eigenvalue weighted by Crippen LogP contribution is -2.47. The molecule has 2 aliphatic heterocycles. The number of nitrogens with one attached hydrogen (secondary N) is 1. The Morgan fingerprint density at radius 2 is 1.80 bits per heavy atom. The minimum absolute atomic E-state index is 0.140. The van der Waals surface area contributed by atoms with Gasteiger partial charge < -0.3 is 19.5 Å². The van der Waals surface area contributed by atoms with Crippen molar-refractivity contribution in [3.8, 4) is 11.5 Å². The molecule has 0 aromatic heterocycles. The summed E-state index contributed by atoms with van der Waals surface area (Å²) < 4.78 is 16.5. The fourth-order valence-electron chi connectivity index (χ4n) is 4.18. The smallest absolute Gasteiger partial charge is 0.265 e. The van der Waals surface area contributed by atoms with Gasteiger partial charge in [0.25, 0.3) is 5.91 Å². The largest absolute Gasteiger partial charge is 0.485 e. The van der Waals surface area contributed by atoms with E-state index in [4.69, 9.17) is 14.2 Å². The Morgan fingerprint density at radius 1 is 1.06 bits per heavy atom. The molecule has 1 fully saturated rings. The zero-order valence-electron chi connectivity index (χ0n) is 20.2. The third-order valence-corrected chi connectivity index (χ3v) is 5.94. The van der Waals surface area contributed by atoms with E-state index in [1.165, 1.54) is 4.90 Å². The number of anilines is 1. The third kappa shape index (κ3) is 6.58. The highest BCUT2D eigenvalue weighted by molar-refractivity contribution is 6.04. The van der Waals surface area contributed by atoms with E-state index in [-0.39, 0.29) is 37.4 Å².